The number of aliphatic hydroxyl groups is 1. The molecule has 1 aromatic rings. The summed E-state index contributed by atoms with van der Waals surface area (Å²) in [7, 11) is 0. The molecule has 4 heteroatoms. The van der Waals surface area contributed by atoms with Gasteiger partial charge < -0.3 is 15.7 Å². The first-order valence-corrected chi connectivity index (χ1v) is 5.98. The fourth-order valence-corrected chi connectivity index (χ4v) is 2.49. The number of para-hydroxylation sites is 1. The summed E-state index contributed by atoms with van der Waals surface area (Å²) in [6.07, 6.45) is 1.63. The van der Waals surface area contributed by atoms with Crippen LogP contribution in [0.15, 0.2) is 18.2 Å². The summed E-state index contributed by atoms with van der Waals surface area (Å²) in [6, 6.07) is 4.95. The maximum atomic E-state index is 13.9. The van der Waals surface area contributed by atoms with Crippen molar-refractivity contribution in [3.8, 4) is 0 Å². The number of nitrogens with zero attached hydrogens (tertiary/aromatic N) is 1. The molecule has 0 bridgehead atoms. The Bertz CT molecular complexity index is 406. The zero-order valence-corrected chi connectivity index (χ0v) is 10.1. The minimum absolute atomic E-state index is 0.259. The molecule has 2 rings (SSSR count). The third kappa shape index (κ3) is 2.58. The first kappa shape index (κ1) is 12.3. The summed E-state index contributed by atoms with van der Waals surface area (Å²) in [4.78, 5) is 1.90. The van der Waals surface area contributed by atoms with Crippen LogP contribution in [-0.4, -0.2) is 23.8 Å². The van der Waals surface area contributed by atoms with E-state index in [1.807, 2.05) is 11.0 Å². The van der Waals surface area contributed by atoms with Crippen molar-refractivity contribution in [2.75, 3.05) is 18.0 Å². The molecule has 0 spiro atoms. The van der Waals surface area contributed by atoms with Crippen molar-refractivity contribution in [1.82, 2.24) is 0 Å². The smallest absolute Gasteiger partial charge is 0.146 e. The van der Waals surface area contributed by atoms with Crippen molar-refractivity contribution < 1.29 is 9.50 Å². The van der Waals surface area contributed by atoms with Crippen LogP contribution in [0.3, 0.4) is 0 Å². The van der Waals surface area contributed by atoms with Crippen molar-refractivity contribution in [2.45, 2.75) is 31.9 Å². The summed E-state index contributed by atoms with van der Waals surface area (Å²) < 4.78 is 13.9. The molecule has 17 heavy (non-hydrogen) atoms. The molecule has 1 fully saturated rings. The Labute approximate surface area is 101 Å². The summed E-state index contributed by atoms with van der Waals surface area (Å²) in [5.74, 6) is -0.259. The van der Waals surface area contributed by atoms with Gasteiger partial charge in [0.1, 0.15) is 5.82 Å². The Morgan fingerprint density at radius 3 is 2.94 bits per heavy atom. The van der Waals surface area contributed by atoms with E-state index in [1.54, 1.807) is 13.0 Å². The van der Waals surface area contributed by atoms with Crippen LogP contribution in [0.4, 0.5) is 10.1 Å². The summed E-state index contributed by atoms with van der Waals surface area (Å²) in [5, 5.41) is 10.1. The molecule has 1 heterocycles. The second-order valence-electron chi connectivity index (χ2n) is 4.97. The van der Waals surface area contributed by atoms with Gasteiger partial charge in [0.05, 0.1) is 11.3 Å². The number of β-amino-alcohol motifs (C(OH)–C–C–N with tert-alkyl or cyclic N) is 1. The lowest BCUT2D eigenvalue weighted by Crippen LogP contribution is -2.46. The van der Waals surface area contributed by atoms with Crippen molar-refractivity contribution in [3.63, 3.8) is 0 Å². The predicted molar refractivity (Wildman–Crippen MR) is 66.4 cm³/mol. The van der Waals surface area contributed by atoms with Crippen molar-refractivity contribution in [2.24, 2.45) is 5.73 Å². The number of benzene rings is 1. The maximum Gasteiger partial charge on any atom is 0.146 e. The van der Waals surface area contributed by atoms with Gasteiger partial charge >= 0.3 is 0 Å². The minimum Gasteiger partial charge on any atom is -0.388 e. The minimum atomic E-state index is -0.744. The van der Waals surface area contributed by atoms with Gasteiger partial charge in [-0.05, 0) is 31.4 Å². The van der Waals surface area contributed by atoms with Crippen LogP contribution in [0.25, 0.3) is 0 Å². The molecule has 3 nitrogen and oxygen atoms in total. The maximum absolute atomic E-state index is 13.9. The average Bonchev–Trinajstić information content (AvgIpc) is 2.27. The highest BCUT2D eigenvalue weighted by atomic mass is 19.1. The Morgan fingerprint density at radius 2 is 2.29 bits per heavy atom. The van der Waals surface area contributed by atoms with Gasteiger partial charge in [0.2, 0.25) is 0 Å². The number of halogens is 1. The number of hydrogen-bond donors (Lipinski definition) is 2. The molecule has 94 valence electrons. The Kier molecular flexibility index (Phi) is 3.35. The monoisotopic (exact) mass is 238 g/mol. The lowest BCUT2D eigenvalue weighted by Gasteiger charge is -2.39. The molecule has 3 N–H and O–H groups in total. The van der Waals surface area contributed by atoms with Gasteiger partial charge in [-0.3, -0.25) is 0 Å². The van der Waals surface area contributed by atoms with Crippen molar-refractivity contribution in [3.05, 3.63) is 29.6 Å². The van der Waals surface area contributed by atoms with Crippen LogP contribution in [-0.2, 0) is 6.54 Å². The molecule has 0 aliphatic carbocycles. The molecular weight excluding hydrogens is 219 g/mol. The fraction of sp³-hybridized carbons (Fsp3) is 0.538. The van der Waals surface area contributed by atoms with E-state index in [9.17, 15) is 9.50 Å². The average molecular weight is 238 g/mol. The highest BCUT2D eigenvalue weighted by Crippen LogP contribution is 2.30. The number of piperidine rings is 1. The van der Waals surface area contributed by atoms with Crippen LogP contribution >= 0.6 is 0 Å². The van der Waals surface area contributed by atoms with Crippen molar-refractivity contribution >= 4 is 5.69 Å². The van der Waals surface area contributed by atoms with Gasteiger partial charge in [0, 0.05) is 19.6 Å². The standard InChI is InChI=1S/C13H19FN2O/c1-13(17)6-3-7-16(9-13)12-10(8-15)4-2-5-11(12)14/h2,4-5,17H,3,6-9,15H2,1H3. The molecule has 0 amide bonds. The topological polar surface area (TPSA) is 49.5 Å². The first-order chi connectivity index (χ1) is 8.03. The quantitative estimate of drug-likeness (QED) is 0.823. The van der Waals surface area contributed by atoms with E-state index in [0.717, 1.165) is 24.9 Å². The summed E-state index contributed by atoms with van der Waals surface area (Å²) in [5.41, 5.74) is 6.24. The van der Waals surface area contributed by atoms with Crippen LogP contribution in [0.1, 0.15) is 25.3 Å². The van der Waals surface area contributed by atoms with Gasteiger partial charge in [-0.1, -0.05) is 12.1 Å². The fourth-order valence-electron chi connectivity index (χ4n) is 2.49. The molecular formula is C13H19FN2O. The van der Waals surface area contributed by atoms with Gasteiger partial charge in [-0.25, -0.2) is 4.39 Å². The Hall–Kier alpha value is -1.13. The lowest BCUT2D eigenvalue weighted by atomic mass is 9.94. The van der Waals surface area contributed by atoms with E-state index in [2.05, 4.69) is 0 Å². The molecule has 1 atom stereocenters. The second-order valence-corrected chi connectivity index (χ2v) is 4.97. The zero-order valence-electron chi connectivity index (χ0n) is 10.1. The van der Waals surface area contributed by atoms with Crippen LogP contribution in [0.5, 0.6) is 0 Å². The molecule has 1 aliphatic rings. The Balaban J connectivity index is 2.33. The Morgan fingerprint density at radius 1 is 1.53 bits per heavy atom. The van der Waals surface area contributed by atoms with Gasteiger partial charge in [0.15, 0.2) is 0 Å². The van der Waals surface area contributed by atoms with E-state index in [1.165, 1.54) is 6.07 Å². The molecule has 0 saturated carbocycles. The van der Waals surface area contributed by atoms with E-state index in [0.29, 0.717) is 18.8 Å². The van der Waals surface area contributed by atoms with E-state index in [4.69, 9.17) is 5.73 Å². The van der Waals surface area contributed by atoms with Gasteiger partial charge in [-0.15, -0.1) is 0 Å². The number of nitrogens with two attached hydrogens (primary N) is 1. The second kappa shape index (κ2) is 4.63. The molecule has 0 aromatic heterocycles. The van der Waals surface area contributed by atoms with Crippen molar-refractivity contribution in [1.29, 1.82) is 0 Å². The van der Waals surface area contributed by atoms with Gasteiger partial charge in [0.25, 0.3) is 0 Å². The predicted octanol–water partition coefficient (Wildman–Crippen LogP) is 1.64. The third-order valence-corrected chi connectivity index (χ3v) is 3.28. The number of anilines is 1. The highest BCUT2D eigenvalue weighted by Gasteiger charge is 2.30. The van der Waals surface area contributed by atoms with Crippen LogP contribution in [0, 0.1) is 5.82 Å². The van der Waals surface area contributed by atoms with Gasteiger partial charge in [-0.2, -0.15) is 0 Å². The molecule has 0 radical (unpaired) electrons. The molecule has 1 unspecified atom stereocenters. The largest absolute Gasteiger partial charge is 0.388 e. The normalized spacial score (nSPS) is 25.1. The number of rotatable bonds is 2. The summed E-state index contributed by atoms with van der Waals surface area (Å²) >= 11 is 0. The van der Waals surface area contributed by atoms with E-state index >= 15 is 0 Å². The van der Waals surface area contributed by atoms with Crippen LogP contribution in [0.2, 0.25) is 0 Å². The third-order valence-electron chi connectivity index (χ3n) is 3.28. The SMILES string of the molecule is CC1(O)CCCN(c2c(F)cccc2CN)C1. The van der Waals surface area contributed by atoms with Crippen LogP contribution < -0.4 is 10.6 Å². The zero-order chi connectivity index (χ0) is 12.5. The van der Waals surface area contributed by atoms with E-state index < -0.39 is 5.60 Å². The summed E-state index contributed by atoms with van der Waals surface area (Å²) in [6.45, 7) is 3.33. The molecule has 1 saturated heterocycles. The number of hydrogen-bond acceptors (Lipinski definition) is 3. The lowest BCUT2D eigenvalue weighted by molar-refractivity contribution is 0.0447. The first-order valence-electron chi connectivity index (χ1n) is 5.98. The molecule has 1 aromatic carbocycles. The van der Waals surface area contributed by atoms with E-state index in [-0.39, 0.29) is 5.82 Å². The molecule has 1 aliphatic heterocycles. The highest BCUT2D eigenvalue weighted by molar-refractivity contribution is 5.55.